The second kappa shape index (κ2) is 9.03. The van der Waals surface area contributed by atoms with Gasteiger partial charge in [0.2, 0.25) is 10.0 Å². The van der Waals surface area contributed by atoms with Crippen LogP contribution in [-0.4, -0.2) is 35.8 Å². The molecule has 1 aromatic heterocycles. The van der Waals surface area contributed by atoms with Crippen LogP contribution >= 0.6 is 23.4 Å². The smallest absolute Gasteiger partial charge is 0.262 e. The molecule has 0 aliphatic heterocycles. The van der Waals surface area contributed by atoms with Gasteiger partial charge in [-0.05, 0) is 42.5 Å². The minimum Gasteiger partial charge on any atom is -0.293 e. The molecule has 0 unspecified atom stereocenters. The summed E-state index contributed by atoms with van der Waals surface area (Å²) >= 11 is 7.15. The number of hydrogen-bond donors (Lipinski definition) is 1. The summed E-state index contributed by atoms with van der Waals surface area (Å²) in [5, 5.41) is 1.29. The number of carbonyl (C=O) groups excluding carboxylic acids is 1. The Balaban J connectivity index is 1.83. The average molecular weight is 464 g/mol. The molecule has 0 saturated heterocycles. The van der Waals surface area contributed by atoms with E-state index in [4.69, 9.17) is 11.6 Å². The van der Waals surface area contributed by atoms with Crippen LogP contribution in [0.4, 0.5) is 5.69 Å². The van der Waals surface area contributed by atoms with Crippen LogP contribution in [0.2, 0.25) is 5.02 Å². The number of allylic oxidation sites excluding steroid dienone is 1. The van der Waals surface area contributed by atoms with E-state index in [0.29, 0.717) is 32.3 Å². The van der Waals surface area contributed by atoms with E-state index >= 15 is 0 Å². The topological polar surface area (TPSA) is 98.1 Å². The van der Waals surface area contributed by atoms with E-state index in [-0.39, 0.29) is 23.6 Å². The predicted octanol–water partition coefficient (Wildman–Crippen LogP) is 3.58. The zero-order valence-electron chi connectivity index (χ0n) is 16.0. The summed E-state index contributed by atoms with van der Waals surface area (Å²) in [6.07, 6.45) is 2.64. The summed E-state index contributed by atoms with van der Waals surface area (Å²) in [6.45, 7) is 3.93. The molecular weight excluding hydrogens is 446 g/mol. The van der Waals surface area contributed by atoms with Crippen molar-refractivity contribution in [2.75, 3.05) is 16.7 Å². The Morgan fingerprint density at radius 2 is 1.97 bits per heavy atom. The lowest BCUT2D eigenvalue weighted by Gasteiger charge is -2.11. The molecule has 0 spiro atoms. The Morgan fingerprint density at radius 1 is 1.27 bits per heavy atom. The first-order valence-corrected chi connectivity index (χ1v) is 12.0. The molecule has 0 bridgehead atoms. The zero-order chi connectivity index (χ0) is 21.9. The van der Waals surface area contributed by atoms with Gasteiger partial charge in [0, 0.05) is 22.8 Å². The molecule has 1 heterocycles. The molecule has 0 radical (unpaired) electrons. The lowest BCUT2D eigenvalue weighted by Crippen LogP contribution is -2.23. The van der Waals surface area contributed by atoms with Gasteiger partial charge in [0.1, 0.15) is 0 Å². The van der Waals surface area contributed by atoms with Crippen molar-refractivity contribution in [1.29, 1.82) is 0 Å². The maximum Gasteiger partial charge on any atom is 0.262 e. The van der Waals surface area contributed by atoms with E-state index in [1.54, 1.807) is 36.4 Å². The summed E-state index contributed by atoms with van der Waals surface area (Å²) in [4.78, 5) is 29.9. The molecule has 3 rings (SSSR count). The van der Waals surface area contributed by atoms with Crippen LogP contribution < -0.4 is 10.3 Å². The normalized spacial score (nSPS) is 11.4. The molecule has 7 nitrogen and oxygen atoms in total. The van der Waals surface area contributed by atoms with Crippen LogP contribution in [0.1, 0.15) is 10.4 Å². The van der Waals surface area contributed by atoms with Crippen molar-refractivity contribution in [3.8, 4) is 0 Å². The summed E-state index contributed by atoms with van der Waals surface area (Å²) in [7, 11) is -3.39. The molecular formula is C20H18ClN3O4S2. The number of ketones is 1. The van der Waals surface area contributed by atoms with E-state index in [0.717, 1.165) is 18.0 Å². The fraction of sp³-hybridized carbons (Fsp3) is 0.150. The van der Waals surface area contributed by atoms with Gasteiger partial charge in [-0.3, -0.25) is 18.9 Å². The quantitative estimate of drug-likeness (QED) is 0.237. The summed E-state index contributed by atoms with van der Waals surface area (Å²) in [5.41, 5.74) is 1.01. The van der Waals surface area contributed by atoms with E-state index in [1.165, 1.54) is 16.7 Å². The number of carbonyl (C=O) groups is 1. The van der Waals surface area contributed by atoms with Gasteiger partial charge >= 0.3 is 0 Å². The van der Waals surface area contributed by atoms with E-state index in [1.807, 2.05) is 0 Å². The molecule has 0 aliphatic rings. The average Bonchev–Trinajstić information content (AvgIpc) is 2.67. The van der Waals surface area contributed by atoms with Gasteiger partial charge in [0.15, 0.2) is 10.9 Å². The SMILES string of the molecule is C=CCn1c(SCC(=O)c2ccc(NS(C)(=O)=O)cc2)nc2cc(Cl)ccc2c1=O. The third-order valence-corrected chi connectivity index (χ3v) is 5.85. The highest BCUT2D eigenvalue weighted by molar-refractivity contribution is 7.99. The summed E-state index contributed by atoms with van der Waals surface area (Å²) < 4.78 is 26.3. The molecule has 0 fully saturated rings. The number of fused-ring (bicyclic) bond motifs is 1. The number of nitrogens with one attached hydrogen (secondary N) is 1. The summed E-state index contributed by atoms with van der Waals surface area (Å²) in [5.74, 6) is -0.134. The largest absolute Gasteiger partial charge is 0.293 e. The molecule has 2 aromatic carbocycles. The van der Waals surface area contributed by atoms with Gasteiger partial charge in [-0.1, -0.05) is 29.4 Å². The fourth-order valence-electron chi connectivity index (χ4n) is 2.73. The van der Waals surface area contributed by atoms with E-state index < -0.39 is 10.0 Å². The predicted molar refractivity (Wildman–Crippen MR) is 121 cm³/mol. The number of hydrogen-bond acceptors (Lipinski definition) is 6. The minimum atomic E-state index is -3.39. The number of sulfonamides is 1. The van der Waals surface area contributed by atoms with Crippen molar-refractivity contribution in [2.24, 2.45) is 0 Å². The molecule has 10 heteroatoms. The number of aromatic nitrogens is 2. The molecule has 1 N–H and O–H groups in total. The standard InChI is InChI=1S/C20H18ClN3O4S2/c1-3-10-24-19(26)16-9-6-14(21)11-17(16)22-20(24)29-12-18(25)13-4-7-15(8-5-13)23-30(2,27)28/h3-9,11,23H,1,10,12H2,2H3. The van der Waals surface area contributed by atoms with Crippen molar-refractivity contribution in [1.82, 2.24) is 9.55 Å². The first kappa shape index (κ1) is 22.1. The first-order chi connectivity index (χ1) is 14.2. The number of thioether (sulfide) groups is 1. The molecule has 30 heavy (non-hydrogen) atoms. The van der Waals surface area contributed by atoms with Crippen molar-refractivity contribution >= 4 is 55.8 Å². The highest BCUT2D eigenvalue weighted by atomic mass is 35.5. The number of nitrogens with zero attached hydrogens (tertiary/aromatic N) is 2. The van der Waals surface area contributed by atoms with E-state index in [2.05, 4.69) is 16.3 Å². The van der Waals surface area contributed by atoms with Gasteiger partial charge in [-0.15, -0.1) is 6.58 Å². The van der Waals surface area contributed by atoms with Crippen molar-refractivity contribution in [3.63, 3.8) is 0 Å². The van der Waals surface area contributed by atoms with Crippen LogP contribution in [0, 0.1) is 0 Å². The molecule has 156 valence electrons. The zero-order valence-corrected chi connectivity index (χ0v) is 18.4. The number of Topliss-reactive ketones (excluding diaryl/α,β-unsaturated/α-hetero) is 1. The third-order valence-electron chi connectivity index (χ3n) is 4.04. The number of halogens is 1. The Morgan fingerprint density at radius 3 is 2.60 bits per heavy atom. The second-order valence-electron chi connectivity index (χ2n) is 6.42. The van der Waals surface area contributed by atoms with Crippen molar-refractivity contribution < 1.29 is 13.2 Å². The Hall–Kier alpha value is -2.62. The van der Waals surface area contributed by atoms with Gasteiger partial charge < -0.3 is 0 Å². The molecule has 0 atom stereocenters. The Labute approximate surface area is 182 Å². The Kier molecular flexibility index (Phi) is 6.64. The van der Waals surface area contributed by atoms with Crippen LogP contribution in [0.5, 0.6) is 0 Å². The monoisotopic (exact) mass is 463 g/mol. The van der Waals surface area contributed by atoms with Crippen molar-refractivity contribution in [2.45, 2.75) is 11.7 Å². The fourth-order valence-corrected chi connectivity index (χ4v) is 4.36. The van der Waals surface area contributed by atoms with Gasteiger partial charge in [0.05, 0.1) is 22.9 Å². The Bertz CT molecular complexity index is 1290. The number of rotatable bonds is 8. The van der Waals surface area contributed by atoms with Gasteiger partial charge in [0.25, 0.3) is 5.56 Å². The van der Waals surface area contributed by atoms with Gasteiger partial charge in [-0.25, -0.2) is 13.4 Å². The molecule has 0 saturated carbocycles. The third kappa shape index (κ3) is 5.29. The first-order valence-electron chi connectivity index (χ1n) is 8.73. The lowest BCUT2D eigenvalue weighted by molar-refractivity contribution is 0.102. The van der Waals surface area contributed by atoms with Crippen LogP contribution in [0.3, 0.4) is 0 Å². The highest BCUT2D eigenvalue weighted by Crippen LogP contribution is 2.22. The van der Waals surface area contributed by atoms with E-state index in [9.17, 15) is 18.0 Å². The lowest BCUT2D eigenvalue weighted by atomic mass is 10.1. The molecule has 3 aromatic rings. The van der Waals surface area contributed by atoms with Crippen LogP contribution in [0.15, 0.2) is 65.1 Å². The number of benzene rings is 2. The number of anilines is 1. The minimum absolute atomic E-state index is 0.0501. The molecule has 0 amide bonds. The maximum atomic E-state index is 12.8. The van der Waals surface area contributed by atoms with Crippen LogP contribution in [-0.2, 0) is 16.6 Å². The van der Waals surface area contributed by atoms with Gasteiger partial charge in [-0.2, -0.15) is 0 Å². The molecule has 0 aliphatic carbocycles. The van der Waals surface area contributed by atoms with Crippen molar-refractivity contribution in [3.05, 3.63) is 76.1 Å². The van der Waals surface area contributed by atoms with Crippen LogP contribution in [0.25, 0.3) is 10.9 Å². The maximum absolute atomic E-state index is 12.8. The second-order valence-corrected chi connectivity index (χ2v) is 9.55. The summed E-state index contributed by atoms with van der Waals surface area (Å²) in [6, 6.07) is 11.0. The highest BCUT2D eigenvalue weighted by Gasteiger charge is 2.14.